The minimum Gasteiger partial charge on any atom is -0.497 e. The molecular weight excluding hydrogens is 226 g/mol. The Kier molecular flexibility index (Phi) is 4.19. The number of likely N-dealkylation sites (tertiary alicyclic amines) is 1. The van der Waals surface area contributed by atoms with Crippen LogP contribution in [0.3, 0.4) is 0 Å². The van der Waals surface area contributed by atoms with Crippen molar-refractivity contribution in [1.29, 1.82) is 0 Å². The van der Waals surface area contributed by atoms with E-state index in [4.69, 9.17) is 10.5 Å². The monoisotopic (exact) mass is 249 g/mol. The first kappa shape index (κ1) is 13.3. The third-order valence-electron chi connectivity index (χ3n) is 3.37. The van der Waals surface area contributed by atoms with Crippen LogP contribution in [0, 0.1) is 12.8 Å². The summed E-state index contributed by atoms with van der Waals surface area (Å²) in [5.41, 5.74) is 8.13. The van der Waals surface area contributed by atoms with Crippen molar-refractivity contribution in [2.75, 3.05) is 20.2 Å². The number of ether oxygens (including phenoxy) is 1. The molecule has 0 radical (unpaired) electrons. The van der Waals surface area contributed by atoms with Crippen molar-refractivity contribution in [2.24, 2.45) is 11.7 Å². The molecule has 0 amide bonds. The molecule has 2 rings (SSSR count). The van der Waals surface area contributed by atoms with Gasteiger partial charge in [-0.2, -0.15) is 0 Å². The smallest absolute Gasteiger partial charge is 0.122 e. The van der Waals surface area contributed by atoms with Crippen molar-refractivity contribution in [1.82, 2.24) is 9.88 Å². The highest BCUT2D eigenvalue weighted by Gasteiger charge is 2.22. The van der Waals surface area contributed by atoms with Crippen LogP contribution >= 0.6 is 0 Å². The van der Waals surface area contributed by atoms with E-state index >= 15 is 0 Å². The molecule has 2 atom stereocenters. The molecule has 2 heterocycles. The van der Waals surface area contributed by atoms with Gasteiger partial charge in [-0.25, -0.2) is 0 Å². The first-order valence-electron chi connectivity index (χ1n) is 6.56. The Morgan fingerprint density at radius 3 is 2.89 bits per heavy atom. The van der Waals surface area contributed by atoms with Crippen molar-refractivity contribution >= 4 is 0 Å². The zero-order valence-electron chi connectivity index (χ0n) is 11.5. The summed E-state index contributed by atoms with van der Waals surface area (Å²) in [5, 5.41) is 0. The molecular formula is C14H23N3O. The maximum absolute atomic E-state index is 6.07. The molecule has 0 saturated carbocycles. The zero-order valence-corrected chi connectivity index (χ0v) is 11.5. The van der Waals surface area contributed by atoms with E-state index in [0.717, 1.165) is 43.2 Å². The summed E-state index contributed by atoms with van der Waals surface area (Å²) in [5.74, 6) is 1.55. The fraction of sp³-hybridized carbons (Fsp3) is 0.643. The van der Waals surface area contributed by atoms with E-state index in [2.05, 4.69) is 16.8 Å². The van der Waals surface area contributed by atoms with E-state index in [0.29, 0.717) is 12.0 Å². The topological polar surface area (TPSA) is 51.4 Å². The Bertz CT molecular complexity index is 398. The van der Waals surface area contributed by atoms with Crippen LogP contribution in [0.25, 0.3) is 0 Å². The van der Waals surface area contributed by atoms with Gasteiger partial charge in [0.25, 0.3) is 0 Å². The van der Waals surface area contributed by atoms with Crippen LogP contribution in [0.5, 0.6) is 5.75 Å². The third-order valence-corrected chi connectivity index (χ3v) is 3.37. The number of methoxy groups -OCH3 is 1. The summed E-state index contributed by atoms with van der Waals surface area (Å²) in [6.45, 7) is 7.18. The van der Waals surface area contributed by atoms with Crippen LogP contribution in [-0.4, -0.2) is 36.1 Å². The van der Waals surface area contributed by atoms with Gasteiger partial charge in [-0.3, -0.25) is 9.88 Å². The molecule has 1 aliphatic rings. The average Bonchev–Trinajstić information content (AvgIpc) is 2.26. The molecule has 0 bridgehead atoms. The number of nitrogens with zero attached hydrogens (tertiary/aromatic N) is 2. The molecule has 4 nitrogen and oxygen atoms in total. The largest absolute Gasteiger partial charge is 0.497 e. The Labute approximate surface area is 109 Å². The summed E-state index contributed by atoms with van der Waals surface area (Å²) in [6.07, 6.45) is 1.13. The SMILES string of the molecule is COc1cc(C)nc(CN2CC(C)CC(N)C2)c1. The van der Waals surface area contributed by atoms with Crippen LogP contribution in [0.2, 0.25) is 0 Å². The van der Waals surface area contributed by atoms with E-state index in [9.17, 15) is 0 Å². The maximum Gasteiger partial charge on any atom is 0.122 e. The second-order valence-corrected chi connectivity index (χ2v) is 5.43. The lowest BCUT2D eigenvalue weighted by molar-refractivity contribution is 0.156. The minimum atomic E-state index is 0.292. The highest BCUT2D eigenvalue weighted by atomic mass is 16.5. The van der Waals surface area contributed by atoms with E-state index in [1.54, 1.807) is 7.11 Å². The quantitative estimate of drug-likeness (QED) is 0.883. The van der Waals surface area contributed by atoms with Gasteiger partial charge in [0.1, 0.15) is 5.75 Å². The Hall–Kier alpha value is -1.13. The second-order valence-electron chi connectivity index (χ2n) is 5.43. The maximum atomic E-state index is 6.07. The summed E-state index contributed by atoms with van der Waals surface area (Å²) in [6, 6.07) is 4.26. The van der Waals surface area contributed by atoms with Gasteiger partial charge in [0.05, 0.1) is 12.8 Å². The number of pyridine rings is 1. The molecule has 18 heavy (non-hydrogen) atoms. The molecule has 1 saturated heterocycles. The highest BCUT2D eigenvalue weighted by Crippen LogP contribution is 2.19. The number of aromatic nitrogens is 1. The van der Waals surface area contributed by atoms with Crippen LogP contribution in [0.15, 0.2) is 12.1 Å². The predicted molar refractivity (Wildman–Crippen MR) is 72.6 cm³/mol. The van der Waals surface area contributed by atoms with Crippen molar-refractivity contribution in [2.45, 2.75) is 32.9 Å². The van der Waals surface area contributed by atoms with Crippen molar-refractivity contribution in [3.63, 3.8) is 0 Å². The molecule has 2 N–H and O–H groups in total. The lowest BCUT2D eigenvalue weighted by Gasteiger charge is -2.34. The number of hydrogen-bond donors (Lipinski definition) is 1. The van der Waals surface area contributed by atoms with Gasteiger partial charge in [0.15, 0.2) is 0 Å². The molecule has 1 aliphatic heterocycles. The standard InChI is InChI=1S/C14H23N3O/c1-10-4-12(15)8-17(7-10)9-13-6-14(18-3)5-11(2)16-13/h5-6,10,12H,4,7-9,15H2,1-3H3. The van der Waals surface area contributed by atoms with Crippen LogP contribution < -0.4 is 10.5 Å². The van der Waals surface area contributed by atoms with E-state index < -0.39 is 0 Å². The van der Waals surface area contributed by atoms with Gasteiger partial charge in [-0.15, -0.1) is 0 Å². The lowest BCUT2D eigenvalue weighted by Crippen LogP contribution is -2.45. The van der Waals surface area contributed by atoms with Gasteiger partial charge < -0.3 is 10.5 Å². The molecule has 1 fully saturated rings. The minimum absolute atomic E-state index is 0.292. The van der Waals surface area contributed by atoms with Gasteiger partial charge in [-0.05, 0) is 19.3 Å². The number of aryl methyl sites for hydroxylation is 1. The molecule has 0 aromatic carbocycles. The highest BCUT2D eigenvalue weighted by molar-refractivity contribution is 5.26. The van der Waals surface area contributed by atoms with Crippen molar-refractivity contribution in [3.05, 3.63) is 23.5 Å². The molecule has 1 aromatic heterocycles. The van der Waals surface area contributed by atoms with E-state index in [1.807, 2.05) is 19.1 Å². The Morgan fingerprint density at radius 2 is 2.22 bits per heavy atom. The first-order valence-corrected chi connectivity index (χ1v) is 6.56. The van der Waals surface area contributed by atoms with Gasteiger partial charge in [-0.1, -0.05) is 6.92 Å². The van der Waals surface area contributed by atoms with Gasteiger partial charge in [0, 0.05) is 43.5 Å². The molecule has 0 aliphatic carbocycles. The number of nitrogens with two attached hydrogens (primary N) is 1. The zero-order chi connectivity index (χ0) is 13.1. The van der Waals surface area contributed by atoms with E-state index in [-0.39, 0.29) is 0 Å². The Morgan fingerprint density at radius 1 is 1.44 bits per heavy atom. The number of hydrogen-bond acceptors (Lipinski definition) is 4. The average molecular weight is 249 g/mol. The fourth-order valence-corrected chi connectivity index (χ4v) is 2.77. The number of piperidine rings is 1. The van der Waals surface area contributed by atoms with E-state index in [1.165, 1.54) is 0 Å². The summed E-state index contributed by atoms with van der Waals surface area (Å²) in [4.78, 5) is 6.95. The molecule has 2 unspecified atom stereocenters. The molecule has 4 heteroatoms. The summed E-state index contributed by atoms with van der Waals surface area (Å²) < 4.78 is 5.28. The van der Waals surface area contributed by atoms with Crippen molar-refractivity contribution < 1.29 is 4.74 Å². The van der Waals surface area contributed by atoms with Crippen LogP contribution in [-0.2, 0) is 6.54 Å². The number of rotatable bonds is 3. The molecule has 1 aromatic rings. The van der Waals surface area contributed by atoms with Crippen LogP contribution in [0.4, 0.5) is 0 Å². The van der Waals surface area contributed by atoms with Crippen molar-refractivity contribution in [3.8, 4) is 5.75 Å². The molecule has 100 valence electrons. The predicted octanol–water partition coefficient (Wildman–Crippen LogP) is 1.57. The van der Waals surface area contributed by atoms with Crippen LogP contribution in [0.1, 0.15) is 24.7 Å². The van der Waals surface area contributed by atoms with Gasteiger partial charge >= 0.3 is 0 Å². The van der Waals surface area contributed by atoms with Gasteiger partial charge in [0.2, 0.25) is 0 Å². The summed E-state index contributed by atoms with van der Waals surface area (Å²) >= 11 is 0. The second kappa shape index (κ2) is 5.67. The normalized spacial score (nSPS) is 25.1. The first-order chi connectivity index (χ1) is 8.56. The lowest BCUT2D eigenvalue weighted by atomic mass is 9.96. The Balaban J connectivity index is 2.06. The third kappa shape index (κ3) is 3.43. The molecule has 0 spiro atoms. The summed E-state index contributed by atoms with van der Waals surface area (Å²) in [7, 11) is 1.69. The fourth-order valence-electron chi connectivity index (χ4n) is 2.77.